The van der Waals surface area contributed by atoms with Gasteiger partial charge < -0.3 is 15.0 Å². The van der Waals surface area contributed by atoms with Gasteiger partial charge in [0, 0.05) is 18.8 Å². The molecule has 6 nitrogen and oxygen atoms in total. The van der Waals surface area contributed by atoms with Gasteiger partial charge >= 0.3 is 5.97 Å². The minimum atomic E-state index is -1.06. The molecule has 0 aliphatic heterocycles. The first kappa shape index (κ1) is 16.3. The molecule has 2 N–H and O–H groups in total. The number of aryl methyl sites for hydroxylation is 1. The summed E-state index contributed by atoms with van der Waals surface area (Å²) in [6.07, 6.45) is 3.78. The van der Waals surface area contributed by atoms with Gasteiger partial charge in [0.15, 0.2) is 5.78 Å². The molecule has 0 aliphatic rings. The third-order valence-corrected chi connectivity index (χ3v) is 3.50. The number of nitrogens with zero attached hydrogens (tertiary/aromatic N) is 1. The Morgan fingerprint density at radius 3 is 2.55 bits per heavy atom. The molecule has 0 bridgehead atoms. The van der Waals surface area contributed by atoms with Gasteiger partial charge in [0.1, 0.15) is 11.7 Å². The van der Waals surface area contributed by atoms with E-state index in [2.05, 4.69) is 5.32 Å². The Morgan fingerprint density at radius 2 is 2.10 bits per heavy atom. The lowest BCUT2D eigenvalue weighted by Gasteiger charge is -2.14. The van der Waals surface area contributed by atoms with Crippen molar-refractivity contribution in [3.8, 4) is 0 Å². The number of hydrogen-bond donors (Lipinski definition) is 2. The molecule has 1 rings (SSSR count). The molecule has 7 heteroatoms. The summed E-state index contributed by atoms with van der Waals surface area (Å²) in [6, 6.07) is 0.538. The number of rotatable bonds is 7. The molecule has 0 saturated heterocycles. The van der Waals surface area contributed by atoms with Gasteiger partial charge in [-0.2, -0.15) is 11.8 Å². The molecule has 1 unspecified atom stereocenters. The number of thioether (sulfide) groups is 1. The molecule has 0 aliphatic carbocycles. The largest absolute Gasteiger partial charge is 0.480 e. The van der Waals surface area contributed by atoms with E-state index in [0.29, 0.717) is 17.7 Å². The molecular formula is C13H18N2O4S. The van der Waals surface area contributed by atoms with E-state index in [0.717, 1.165) is 0 Å². The predicted molar refractivity (Wildman–Crippen MR) is 77.3 cm³/mol. The molecule has 0 radical (unpaired) electrons. The van der Waals surface area contributed by atoms with Crippen LogP contribution in [0.2, 0.25) is 0 Å². The summed E-state index contributed by atoms with van der Waals surface area (Å²) in [4.78, 5) is 34.4. The van der Waals surface area contributed by atoms with Gasteiger partial charge in [0.25, 0.3) is 5.91 Å². The summed E-state index contributed by atoms with van der Waals surface area (Å²) in [6.45, 7) is 1.41. The van der Waals surface area contributed by atoms with Crippen molar-refractivity contribution in [2.45, 2.75) is 19.4 Å². The number of amides is 1. The van der Waals surface area contributed by atoms with Gasteiger partial charge in [-0.25, -0.2) is 4.79 Å². The number of nitrogens with one attached hydrogen (secondary N) is 1. The second kappa shape index (κ2) is 7.14. The van der Waals surface area contributed by atoms with Crippen molar-refractivity contribution in [2.75, 3.05) is 12.0 Å². The monoisotopic (exact) mass is 298 g/mol. The zero-order chi connectivity index (χ0) is 15.3. The van der Waals surface area contributed by atoms with Crippen LogP contribution in [-0.2, 0) is 11.8 Å². The topological polar surface area (TPSA) is 88.4 Å². The van der Waals surface area contributed by atoms with Crippen LogP contribution in [0.15, 0.2) is 12.3 Å². The van der Waals surface area contributed by atoms with Gasteiger partial charge in [-0.1, -0.05) is 0 Å². The van der Waals surface area contributed by atoms with Crippen molar-refractivity contribution in [3.05, 3.63) is 23.5 Å². The Bertz CT molecular complexity index is 524. The minimum absolute atomic E-state index is 0.142. The normalized spacial score (nSPS) is 11.9. The Balaban J connectivity index is 2.83. The average molecular weight is 298 g/mol. The number of aliphatic carboxylic acids is 1. The molecule has 0 saturated carbocycles. The Labute approximate surface area is 121 Å². The van der Waals surface area contributed by atoms with Gasteiger partial charge in [-0.15, -0.1) is 0 Å². The first-order valence-electron chi connectivity index (χ1n) is 6.06. The number of hydrogen-bond acceptors (Lipinski definition) is 4. The number of carbonyl (C=O) groups excluding carboxylic acids is 2. The van der Waals surface area contributed by atoms with Gasteiger partial charge in [-0.05, 0) is 31.4 Å². The van der Waals surface area contributed by atoms with Gasteiger partial charge in [0.2, 0.25) is 0 Å². The van der Waals surface area contributed by atoms with E-state index in [9.17, 15) is 14.4 Å². The van der Waals surface area contributed by atoms with Crippen molar-refractivity contribution >= 4 is 29.4 Å². The molecule has 1 aromatic rings. The van der Waals surface area contributed by atoms with E-state index < -0.39 is 17.9 Å². The van der Waals surface area contributed by atoms with Gasteiger partial charge in [-0.3, -0.25) is 9.59 Å². The highest BCUT2D eigenvalue weighted by molar-refractivity contribution is 7.98. The lowest BCUT2D eigenvalue weighted by molar-refractivity contribution is -0.139. The van der Waals surface area contributed by atoms with Crippen molar-refractivity contribution < 1.29 is 19.5 Å². The fourth-order valence-electron chi connectivity index (χ4n) is 1.71. The molecule has 0 aromatic carbocycles. The third kappa shape index (κ3) is 4.12. The van der Waals surface area contributed by atoms with Crippen LogP contribution in [0.1, 0.15) is 34.2 Å². The molecule has 1 heterocycles. The molecule has 0 spiro atoms. The Morgan fingerprint density at radius 1 is 1.45 bits per heavy atom. The Hall–Kier alpha value is -1.76. The van der Waals surface area contributed by atoms with E-state index in [-0.39, 0.29) is 11.5 Å². The zero-order valence-electron chi connectivity index (χ0n) is 11.7. The highest BCUT2D eigenvalue weighted by Gasteiger charge is 2.22. The van der Waals surface area contributed by atoms with Crippen LogP contribution in [-0.4, -0.2) is 45.4 Å². The molecule has 110 valence electrons. The number of carbonyl (C=O) groups is 3. The maximum atomic E-state index is 12.1. The van der Waals surface area contributed by atoms with Crippen molar-refractivity contribution in [2.24, 2.45) is 7.05 Å². The van der Waals surface area contributed by atoms with E-state index >= 15 is 0 Å². The van der Waals surface area contributed by atoms with Crippen LogP contribution < -0.4 is 5.32 Å². The summed E-state index contributed by atoms with van der Waals surface area (Å²) in [5.74, 6) is -1.05. The fourth-order valence-corrected chi connectivity index (χ4v) is 2.18. The smallest absolute Gasteiger partial charge is 0.326 e. The lowest BCUT2D eigenvalue weighted by atomic mass is 10.2. The predicted octanol–water partition coefficient (Wildman–Crippen LogP) is 1.16. The molecular weight excluding hydrogens is 280 g/mol. The maximum Gasteiger partial charge on any atom is 0.326 e. The summed E-state index contributed by atoms with van der Waals surface area (Å²) >= 11 is 1.52. The van der Waals surface area contributed by atoms with Crippen LogP contribution in [0.25, 0.3) is 0 Å². The SMILES string of the molecule is CSCCC(NC(=O)c1cc(C(C)=O)cn1C)C(=O)O. The highest BCUT2D eigenvalue weighted by Crippen LogP contribution is 2.09. The van der Waals surface area contributed by atoms with Gasteiger partial charge in [0.05, 0.1) is 0 Å². The minimum Gasteiger partial charge on any atom is -0.480 e. The van der Waals surface area contributed by atoms with Crippen molar-refractivity contribution in [3.63, 3.8) is 0 Å². The highest BCUT2D eigenvalue weighted by atomic mass is 32.2. The summed E-state index contributed by atoms with van der Waals surface area (Å²) in [7, 11) is 1.64. The summed E-state index contributed by atoms with van der Waals surface area (Å²) in [5.41, 5.74) is 0.694. The van der Waals surface area contributed by atoms with Crippen LogP contribution in [0.4, 0.5) is 0 Å². The van der Waals surface area contributed by atoms with E-state index in [4.69, 9.17) is 5.11 Å². The lowest BCUT2D eigenvalue weighted by Crippen LogP contribution is -2.41. The zero-order valence-corrected chi connectivity index (χ0v) is 12.5. The average Bonchev–Trinajstić information content (AvgIpc) is 2.76. The Kier molecular flexibility index (Phi) is 5.82. The number of Topliss-reactive ketones (excluding diaryl/α,β-unsaturated/α-hetero) is 1. The number of carboxylic acids is 1. The first-order valence-corrected chi connectivity index (χ1v) is 7.46. The summed E-state index contributed by atoms with van der Waals surface area (Å²) < 4.78 is 1.51. The van der Waals surface area contributed by atoms with Crippen LogP contribution in [0.3, 0.4) is 0 Å². The van der Waals surface area contributed by atoms with Crippen molar-refractivity contribution in [1.29, 1.82) is 0 Å². The summed E-state index contributed by atoms with van der Waals surface area (Å²) in [5, 5.41) is 11.6. The van der Waals surface area contributed by atoms with Crippen molar-refractivity contribution in [1.82, 2.24) is 9.88 Å². The van der Waals surface area contributed by atoms with Crippen LogP contribution in [0, 0.1) is 0 Å². The molecule has 1 aromatic heterocycles. The molecule has 0 fully saturated rings. The second-order valence-electron chi connectivity index (χ2n) is 4.43. The van der Waals surface area contributed by atoms with E-state index in [1.54, 1.807) is 13.2 Å². The number of ketones is 1. The fraction of sp³-hybridized carbons (Fsp3) is 0.462. The number of carboxylic acid groups (broad SMARTS) is 1. The quantitative estimate of drug-likeness (QED) is 0.738. The molecule has 1 amide bonds. The second-order valence-corrected chi connectivity index (χ2v) is 5.41. The standard InChI is InChI=1S/C13H18N2O4S/c1-8(16)9-6-11(15(2)7-9)12(17)14-10(13(18)19)4-5-20-3/h6-7,10H,4-5H2,1-3H3,(H,14,17)(H,18,19). The molecule has 20 heavy (non-hydrogen) atoms. The van der Waals surface area contributed by atoms with E-state index in [1.165, 1.54) is 29.3 Å². The number of aromatic nitrogens is 1. The molecule has 1 atom stereocenters. The first-order chi connectivity index (χ1) is 9.36. The van der Waals surface area contributed by atoms with Crippen LogP contribution in [0.5, 0.6) is 0 Å². The van der Waals surface area contributed by atoms with E-state index in [1.807, 2.05) is 6.26 Å². The third-order valence-electron chi connectivity index (χ3n) is 2.86. The van der Waals surface area contributed by atoms with Crippen LogP contribution >= 0.6 is 11.8 Å². The maximum absolute atomic E-state index is 12.1.